The first-order chi connectivity index (χ1) is 24.5. The molecule has 2 heterocycles. The van der Waals surface area contributed by atoms with Gasteiger partial charge in [-0.2, -0.15) is 5.26 Å². The van der Waals surface area contributed by atoms with Crippen LogP contribution in [0.4, 0.5) is 0 Å². The van der Waals surface area contributed by atoms with Crippen molar-refractivity contribution < 1.29 is 0 Å². The molecule has 0 radical (unpaired) electrons. The molecule has 8 aromatic rings. The van der Waals surface area contributed by atoms with Gasteiger partial charge in [0.15, 0.2) is 0 Å². The van der Waals surface area contributed by atoms with Crippen LogP contribution < -0.4 is 0 Å². The normalized spacial score (nSPS) is 14.6. The minimum atomic E-state index is 0.190. The van der Waals surface area contributed by atoms with E-state index in [4.69, 9.17) is 0 Å². The maximum Gasteiger partial charge on any atom is 0.0994 e. The number of hydrogen-bond donors (Lipinski definition) is 0. The molecule has 1 atom stereocenters. The number of allylic oxidation sites excluding steroid dienone is 5. The van der Waals surface area contributed by atoms with Crippen LogP contribution in [0.25, 0.3) is 77.3 Å². The summed E-state index contributed by atoms with van der Waals surface area (Å²) < 4.78 is 4.80. The Morgan fingerprint density at radius 3 is 1.94 bits per heavy atom. The summed E-state index contributed by atoms with van der Waals surface area (Å²) >= 11 is 0. The van der Waals surface area contributed by atoms with Gasteiger partial charge in [-0.15, -0.1) is 0 Å². The van der Waals surface area contributed by atoms with Gasteiger partial charge < -0.3 is 9.13 Å². The molecule has 1 unspecified atom stereocenters. The molecule has 0 saturated carbocycles. The summed E-state index contributed by atoms with van der Waals surface area (Å²) in [7, 11) is 0. The maximum absolute atomic E-state index is 10.4. The van der Waals surface area contributed by atoms with Crippen molar-refractivity contribution in [3.8, 4) is 28.6 Å². The van der Waals surface area contributed by atoms with E-state index in [0.717, 1.165) is 67.8 Å². The predicted octanol–water partition coefficient (Wildman–Crippen LogP) is 12.5. The van der Waals surface area contributed by atoms with Crippen molar-refractivity contribution in [2.24, 2.45) is 5.92 Å². The Kier molecular flexibility index (Phi) is 6.93. The number of benzene rings is 6. The molecule has 0 aliphatic heterocycles. The fraction of sp³-hybridized carbons (Fsp3) is 0.0851. The lowest BCUT2D eigenvalue weighted by molar-refractivity contribution is 0.754. The van der Waals surface area contributed by atoms with Crippen molar-refractivity contribution in [1.82, 2.24) is 9.13 Å². The highest BCUT2D eigenvalue weighted by atomic mass is 15.0. The molecule has 0 saturated heterocycles. The predicted molar refractivity (Wildman–Crippen MR) is 211 cm³/mol. The average molecular weight is 642 g/mol. The Bertz CT molecular complexity index is 2740. The van der Waals surface area contributed by atoms with Crippen molar-refractivity contribution in [2.45, 2.75) is 20.3 Å². The summed E-state index contributed by atoms with van der Waals surface area (Å²) in [6.07, 6.45) is 5.02. The molecule has 50 heavy (non-hydrogen) atoms. The lowest BCUT2D eigenvalue weighted by Gasteiger charge is -2.25. The Hall–Kier alpha value is -6.37. The van der Waals surface area contributed by atoms with Gasteiger partial charge in [-0.05, 0) is 84.5 Å². The van der Waals surface area contributed by atoms with Gasteiger partial charge in [-0.3, -0.25) is 0 Å². The van der Waals surface area contributed by atoms with E-state index < -0.39 is 0 Å². The SMILES string of the molecule is C=C(C)c1ccc2c(c1)c1ccccc1n2-c1c(C2=C(C#N)C=CCC2C)cccc1-c1cccc(-n2c3ccccc3c3ccccc32)c1. The second-order valence-corrected chi connectivity index (χ2v) is 13.5. The Labute approximate surface area is 291 Å². The summed E-state index contributed by atoms with van der Waals surface area (Å²) in [6.45, 7) is 8.55. The van der Waals surface area contributed by atoms with Crippen molar-refractivity contribution in [1.29, 1.82) is 5.26 Å². The maximum atomic E-state index is 10.4. The topological polar surface area (TPSA) is 33.6 Å². The molecule has 238 valence electrons. The third-order valence-electron chi connectivity index (χ3n) is 10.4. The summed E-state index contributed by atoms with van der Waals surface area (Å²) in [5.41, 5.74) is 14.1. The Balaban J connectivity index is 1.38. The van der Waals surface area contributed by atoms with Gasteiger partial charge in [-0.25, -0.2) is 0 Å². The largest absolute Gasteiger partial charge is 0.309 e. The van der Waals surface area contributed by atoms with Gasteiger partial charge in [0.05, 0.1) is 39.4 Å². The van der Waals surface area contributed by atoms with Gasteiger partial charge >= 0.3 is 0 Å². The number of nitriles is 1. The lowest BCUT2D eigenvalue weighted by atomic mass is 9.82. The van der Waals surface area contributed by atoms with Crippen LogP contribution in [-0.2, 0) is 0 Å². The first-order valence-electron chi connectivity index (χ1n) is 17.3. The minimum Gasteiger partial charge on any atom is -0.309 e. The fourth-order valence-electron chi connectivity index (χ4n) is 8.10. The molecule has 0 N–H and O–H groups in total. The zero-order valence-corrected chi connectivity index (χ0v) is 28.2. The second-order valence-electron chi connectivity index (χ2n) is 13.5. The summed E-state index contributed by atoms with van der Waals surface area (Å²) in [4.78, 5) is 0. The van der Waals surface area contributed by atoms with Crippen LogP contribution in [0.5, 0.6) is 0 Å². The highest BCUT2D eigenvalue weighted by Gasteiger charge is 2.26. The zero-order valence-electron chi connectivity index (χ0n) is 28.2. The molecule has 9 rings (SSSR count). The molecule has 0 fully saturated rings. The molecule has 1 aliphatic rings. The van der Waals surface area contributed by atoms with E-state index in [1.165, 1.54) is 32.6 Å². The smallest absolute Gasteiger partial charge is 0.0994 e. The molecule has 2 aromatic heterocycles. The number of hydrogen-bond acceptors (Lipinski definition) is 1. The highest BCUT2D eigenvalue weighted by Crippen LogP contribution is 2.44. The van der Waals surface area contributed by atoms with Gasteiger partial charge in [0, 0.05) is 38.4 Å². The van der Waals surface area contributed by atoms with Crippen molar-refractivity contribution in [3.63, 3.8) is 0 Å². The number of aromatic nitrogens is 2. The number of nitrogens with zero attached hydrogens (tertiary/aromatic N) is 3. The van der Waals surface area contributed by atoms with E-state index in [-0.39, 0.29) is 5.92 Å². The molecule has 0 bridgehead atoms. The second kappa shape index (κ2) is 11.7. The van der Waals surface area contributed by atoms with Crippen LogP contribution >= 0.6 is 0 Å². The monoisotopic (exact) mass is 641 g/mol. The van der Waals surface area contributed by atoms with Gasteiger partial charge in [0.1, 0.15) is 0 Å². The van der Waals surface area contributed by atoms with Crippen LogP contribution in [-0.4, -0.2) is 9.13 Å². The first kappa shape index (κ1) is 29.7. The summed E-state index contributed by atoms with van der Waals surface area (Å²) in [5, 5.41) is 15.3. The molecule has 3 heteroatoms. The molecular formula is C47H35N3. The number of fused-ring (bicyclic) bond motifs is 6. The summed E-state index contributed by atoms with van der Waals surface area (Å²) in [6, 6.07) is 50.7. The third-order valence-corrected chi connectivity index (χ3v) is 10.4. The Morgan fingerprint density at radius 1 is 0.660 bits per heavy atom. The van der Waals surface area contributed by atoms with E-state index in [0.29, 0.717) is 0 Å². The molecule has 0 amide bonds. The van der Waals surface area contributed by atoms with E-state index in [9.17, 15) is 5.26 Å². The average Bonchev–Trinajstić information content (AvgIpc) is 3.67. The molecule has 0 spiro atoms. The van der Waals surface area contributed by atoms with Gasteiger partial charge in [-0.1, -0.05) is 116 Å². The van der Waals surface area contributed by atoms with Crippen molar-refractivity contribution in [3.05, 3.63) is 169 Å². The standard InChI is InChI=1S/C47H35N3/c1-30(2)32-25-26-45-41(28-32)39-19-6-9-24-44(39)50(45)47-36(20-12-21-40(47)46-31(3)13-10-15-34(46)29-48)33-14-11-16-35(27-33)49-42-22-7-4-17-37(42)38-18-5-8-23-43(38)49/h4-12,14-28,31H,1,13H2,2-3H3. The van der Waals surface area contributed by atoms with E-state index in [1.54, 1.807) is 0 Å². The van der Waals surface area contributed by atoms with Crippen LogP contribution in [0.1, 0.15) is 31.4 Å². The number of rotatable bonds is 5. The third kappa shape index (κ3) is 4.50. The number of para-hydroxylation sites is 4. The van der Waals surface area contributed by atoms with Crippen LogP contribution in [0.2, 0.25) is 0 Å². The van der Waals surface area contributed by atoms with Crippen LogP contribution in [0.3, 0.4) is 0 Å². The lowest BCUT2D eigenvalue weighted by Crippen LogP contribution is -2.09. The first-order valence-corrected chi connectivity index (χ1v) is 17.3. The highest BCUT2D eigenvalue weighted by molar-refractivity contribution is 6.12. The summed E-state index contributed by atoms with van der Waals surface area (Å²) in [5.74, 6) is 0.190. The zero-order chi connectivity index (χ0) is 33.9. The quantitative estimate of drug-likeness (QED) is 0.184. The Morgan fingerprint density at radius 2 is 1.26 bits per heavy atom. The molecule has 6 aromatic carbocycles. The van der Waals surface area contributed by atoms with Gasteiger partial charge in [0.25, 0.3) is 0 Å². The molecule has 1 aliphatic carbocycles. The molecular weight excluding hydrogens is 607 g/mol. The molecule has 3 nitrogen and oxygen atoms in total. The minimum absolute atomic E-state index is 0.190. The van der Waals surface area contributed by atoms with Crippen LogP contribution in [0.15, 0.2) is 158 Å². The van der Waals surface area contributed by atoms with Gasteiger partial charge in [0.2, 0.25) is 0 Å². The van der Waals surface area contributed by atoms with E-state index >= 15 is 0 Å². The van der Waals surface area contributed by atoms with Crippen molar-refractivity contribution in [2.75, 3.05) is 0 Å². The van der Waals surface area contributed by atoms with Crippen molar-refractivity contribution >= 4 is 54.8 Å². The van der Waals surface area contributed by atoms with E-state index in [2.05, 4.69) is 175 Å². The fourth-order valence-corrected chi connectivity index (χ4v) is 8.10. The van der Waals surface area contributed by atoms with Crippen LogP contribution in [0, 0.1) is 17.2 Å². The van der Waals surface area contributed by atoms with E-state index in [1.807, 2.05) is 6.08 Å².